The van der Waals surface area contributed by atoms with Gasteiger partial charge in [0.25, 0.3) is 0 Å². The second-order valence-electron chi connectivity index (χ2n) is 5.46. The van der Waals surface area contributed by atoms with Gasteiger partial charge in [0.1, 0.15) is 5.82 Å². The lowest BCUT2D eigenvalue weighted by Crippen LogP contribution is -1.89. The maximum Gasteiger partial charge on any atom is 0.152 e. The van der Waals surface area contributed by atoms with Crippen LogP contribution in [0.1, 0.15) is 27.0 Å². The molecule has 2 aromatic carbocycles. The molecular weight excluding hydrogens is 265 g/mol. The number of carbonyl (C=O) groups excluding carboxylic acids is 1. The summed E-state index contributed by atoms with van der Waals surface area (Å²) >= 11 is 0. The number of aromatic nitrogens is 1. The minimum Gasteiger partial charge on any atom is -0.354 e. The molecule has 1 heterocycles. The molecule has 0 unspecified atom stereocenters. The van der Waals surface area contributed by atoms with Gasteiger partial charge in [0.2, 0.25) is 0 Å². The van der Waals surface area contributed by atoms with Crippen molar-refractivity contribution in [3.63, 3.8) is 0 Å². The Hall–Kier alpha value is -2.42. The number of benzene rings is 2. The minimum atomic E-state index is -0.370. The summed E-state index contributed by atoms with van der Waals surface area (Å²) in [5.74, 6) is -0.370. The van der Waals surface area contributed by atoms with Gasteiger partial charge in [0, 0.05) is 10.9 Å². The van der Waals surface area contributed by atoms with Crippen molar-refractivity contribution in [2.45, 2.75) is 20.8 Å². The Kier molecular flexibility index (Phi) is 3.13. The molecule has 0 aliphatic heterocycles. The van der Waals surface area contributed by atoms with Crippen LogP contribution in [0.3, 0.4) is 0 Å². The Labute approximate surface area is 122 Å². The number of carbonyl (C=O) groups is 1. The van der Waals surface area contributed by atoms with Crippen molar-refractivity contribution in [1.29, 1.82) is 0 Å². The summed E-state index contributed by atoms with van der Waals surface area (Å²) in [5, 5.41) is 0.375. The van der Waals surface area contributed by atoms with Crippen molar-refractivity contribution in [3.8, 4) is 11.3 Å². The molecule has 0 amide bonds. The lowest BCUT2D eigenvalue weighted by atomic mass is 9.99. The van der Waals surface area contributed by atoms with Gasteiger partial charge >= 0.3 is 0 Å². The molecule has 3 heteroatoms. The van der Waals surface area contributed by atoms with E-state index < -0.39 is 0 Å². The molecule has 0 bridgehead atoms. The summed E-state index contributed by atoms with van der Waals surface area (Å²) in [5.41, 5.74) is 5.82. The number of rotatable bonds is 2. The van der Waals surface area contributed by atoms with Crippen LogP contribution >= 0.6 is 0 Å². The number of fused-ring (bicyclic) bond motifs is 1. The Morgan fingerprint density at radius 2 is 1.81 bits per heavy atom. The highest BCUT2D eigenvalue weighted by Gasteiger charge is 2.18. The molecule has 106 valence electrons. The van der Waals surface area contributed by atoms with Crippen molar-refractivity contribution in [2.75, 3.05) is 0 Å². The molecule has 21 heavy (non-hydrogen) atoms. The van der Waals surface area contributed by atoms with Crippen molar-refractivity contribution in [2.24, 2.45) is 0 Å². The highest BCUT2D eigenvalue weighted by Crippen LogP contribution is 2.34. The van der Waals surface area contributed by atoms with Gasteiger partial charge in [-0.15, -0.1) is 0 Å². The Morgan fingerprint density at radius 1 is 1.05 bits per heavy atom. The van der Waals surface area contributed by atoms with Crippen LogP contribution < -0.4 is 0 Å². The molecule has 0 saturated carbocycles. The molecule has 0 spiro atoms. The predicted octanol–water partition coefficient (Wildman–Crippen LogP) is 4.71. The number of halogens is 1. The van der Waals surface area contributed by atoms with Gasteiger partial charge in [-0.2, -0.15) is 0 Å². The summed E-state index contributed by atoms with van der Waals surface area (Å²) in [7, 11) is 0. The lowest BCUT2D eigenvalue weighted by Gasteiger charge is -2.06. The van der Waals surface area contributed by atoms with E-state index in [1.54, 1.807) is 6.07 Å². The minimum absolute atomic E-state index is 0.370. The van der Waals surface area contributed by atoms with Crippen LogP contribution in [0.4, 0.5) is 4.39 Å². The molecule has 0 aliphatic rings. The average Bonchev–Trinajstić information content (AvgIpc) is 2.83. The molecular formula is C18H16FNO. The normalized spacial score (nSPS) is 11.0. The maximum absolute atomic E-state index is 14.1. The largest absolute Gasteiger partial charge is 0.354 e. The topological polar surface area (TPSA) is 32.9 Å². The summed E-state index contributed by atoms with van der Waals surface area (Å²) in [4.78, 5) is 14.8. The molecule has 2 nitrogen and oxygen atoms in total. The first-order valence-corrected chi connectivity index (χ1v) is 6.86. The Morgan fingerprint density at radius 3 is 2.48 bits per heavy atom. The van der Waals surface area contributed by atoms with Gasteiger partial charge in [-0.25, -0.2) is 4.39 Å². The van der Waals surface area contributed by atoms with Gasteiger partial charge in [-0.05, 0) is 38.0 Å². The van der Waals surface area contributed by atoms with E-state index >= 15 is 0 Å². The molecule has 0 saturated heterocycles. The van der Waals surface area contributed by atoms with E-state index in [0.717, 1.165) is 28.5 Å². The van der Waals surface area contributed by atoms with Crippen LogP contribution in [-0.4, -0.2) is 11.3 Å². The van der Waals surface area contributed by atoms with Crippen LogP contribution in [-0.2, 0) is 0 Å². The maximum atomic E-state index is 14.1. The SMILES string of the molecule is Cc1ccc(-c2[nH]c3c(C)ccc(F)c3c2C=O)c(C)c1. The molecule has 0 fully saturated rings. The second-order valence-corrected chi connectivity index (χ2v) is 5.46. The van der Waals surface area contributed by atoms with E-state index in [0.29, 0.717) is 22.2 Å². The van der Waals surface area contributed by atoms with E-state index in [2.05, 4.69) is 11.1 Å². The van der Waals surface area contributed by atoms with Crippen LogP contribution in [0.5, 0.6) is 0 Å². The number of nitrogens with one attached hydrogen (secondary N) is 1. The van der Waals surface area contributed by atoms with Gasteiger partial charge in [0.05, 0.1) is 16.8 Å². The van der Waals surface area contributed by atoms with Gasteiger partial charge in [0.15, 0.2) is 6.29 Å². The molecule has 1 N–H and O–H groups in total. The smallest absolute Gasteiger partial charge is 0.152 e. The van der Waals surface area contributed by atoms with E-state index in [4.69, 9.17) is 0 Å². The molecule has 1 aromatic heterocycles. The third-order valence-corrected chi connectivity index (χ3v) is 3.92. The zero-order valence-electron chi connectivity index (χ0n) is 12.3. The van der Waals surface area contributed by atoms with E-state index in [1.165, 1.54) is 6.07 Å². The Balaban J connectivity index is 2.40. The average molecular weight is 281 g/mol. The Bertz CT molecular complexity index is 861. The number of H-pyrrole nitrogens is 1. The predicted molar refractivity (Wildman–Crippen MR) is 83.3 cm³/mol. The van der Waals surface area contributed by atoms with Gasteiger partial charge in [-0.1, -0.05) is 29.8 Å². The van der Waals surface area contributed by atoms with Crippen molar-refractivity contribution < 1.29 is 9.18 Å². The molecule has 0 atom stereocenters. The van der Waals surface area contributed by atoms with Crippen LogP contribution in [0.25, 0.3) is 22.2 Å². The van der Waals surface area contributed by atoms with E-state index in [9.17, 15) is 9.18 Å². The second kappa shape index (κ2) is 4.85. The first-order chi connectivity index (χ1) is 10.0. The number of aryl methyl sites for hydroxylation is 3. The van der Waals surface area contributed by atoms with E-state index in [-0.39, 0.29) is 5.82 Å². The fourth-order valence-electron chi connectivity index (χ4n) is 2.85. The van der Waals surface area contributed by atoms with Crippen molar-refractivity contribution >= 4 is 17.2 Å². The van der Waals surface area contributed by atoms with Crippen molar-refractivity contribution in [3.05, 3.63) is 58.4 Å². The fourth-order valence-corrected chi connectivity index (χ4v) is 2.85. The zero-order chi connectivity index (χ0) is 15.1. The number of hydrogen-bond donors (Lipinski definition) is 1. The molecule has 3 rings (SSSR count). The third-order valence-electron chi connectivity index (χ3n) is 3.92. The van der Waals surface area contributed by atoms with Crippen LogP contribution in [0, 0.1) is 26.6 Å². The standard InChI is InChI=1S/C18H16FNO/c1-10-4-6-13(12(3)8-10)18-14(9-21)16-15(19)7-5-11(2)17(16)20-18/h4-9,20H,1-3H3. The molecule has 0 aliphatic carbocycles. The van der Waals surface area contributed by atoms with Crippen LogP contribution in [0.2, 0.25) is 0 Å². The summed E-state index contributed by atoms with van der Waals surface area (Å²) < 4.78 is 14.1. The first kappa shape index (κ1) is 13.6. The first-order valence-electron chi connectivity index (χ1n) is 6.86. The third kappa shape index (κ3) is 2.05. The zero-order valence-corrected chi connectivity index (χ0v) is 12.3. The summed E-state index contributed by atoms with van der Waals surface area (Å²) in [6.07, 6.45) is 0.732. The van der Waals surface area contributed by atoms with Crippen molar-refractivity contribution in [1.82, 2.24) is 4.98 Å². The van der Waals surface area contributed by atoms with Gasteiger partial charge in [-0.3, -0.25) is 4.79 Å². The number of aldehydes is 1. The van der Waals surface area contributed by atoms with Crippen LogP contribution in [0.15, 0.2) is 30.3 Å². The summed E-state index contributed by atoms with van der Waals surface area (Å²) in [6.45, 7) is 5.91. The highest BCUT2D eigenvalue weighted by molar-refractivity contribution is 6.05. The summed E-state index contributed by atoms with van der Waals surface area (Å²) in [6, 6.07) is 9.14. The molecule has 0 radical (unpaired) electrons. The van der Waals surface area contributed by atoms with E-state index in [1.807, 2.05) is 32.9 Å². The monoisotopic (exact) mass is 281 g/mol. The highest BCUT2D eigenvalue weighted by atomic mass is 19.1. The lowest BCUT2D eigenvalue weighted by molar-refractivity contribution is 0.112. The number of aromatic amines is 1. The fraction of sp³-hybridized carbons (Fsp3) is 0.167. The number of hydrogen-bond acceptors (Lipinski definition) is 1. The quantitative estimate of drug-likeness (QED) is 0.678. The van der Waals surface area contributed by atoms with Gasteiger partial charge < -0.3 is 4.98 Å². The molecule has 3 aromatic rings.